The predicted octanol–water partition coefficient (Wildman–Crippen LogP) is 16.5. The summed E-state index contributed by atoms with van der Waals surface area (Å²) in [5, 5.41) is 20.9. The Kier molecular flexibility index (Phi) is 25.9. The normalized spacial score (nSPS) is 19.2. The maximum Gasteiger partial charge on any atom is 0.328 e. The zero-order valence-electron chi connectivity index (χ0n) is 47.6. The fourth-order valence-electron chi connectivity index (χ4n) is 7.07. The number of aliphatic hydroxyl groups excluding tert-OH is 1. The molecule has 0 spiro atoms. The Morgan fingerprint density at radius 3 is 1.42 bits per heavy atom. The van der Waals surface area contributed by atoms with Crippen LogP contribution in [-0.2, 0) is 22.5 Å². The van der Waals surface area contributed by atoms with Crippen LogP contribution in [0, 0.1) is 29.6 Å². The monoisotopic (exact) mass is 993 g/mol. The second kappa shape index (κ2) is 26.3. The topological polar surface area (TPSA) is 94.5 Å². The van der Waals surface area contributed by atoms with E-state index in [1.54, 1.807) is 12.2 Å². The molecule has 10 atom stereocenters. The van der Waals surface area contributed by atoms with Crippen molar-refractivity contribution in [2.24, 2.45) is 29.6 Å². The Balaban J connectivity index is 7.05. The first-order chi connectivity index (χ1) is 29.5. The minimum absolute atomic E-state index is 0.00176. The third-order valence-electron chi connectivity index (χ3n) is 16.1. The molecule has 11 heteroatoms. The van der Waals surface area contributed by atoms with Crippen molar-refractivity contribution in [2.75, 3.05) is 0 Å². The summed E-state index contributed by atoms with van der Waals surface area (Å²) in [5.74, 6) is -0.502. The summed E-state index contributed by atoms with van der Waals surface area (Å²) in [7, 11) is -8.68. The molecule has 0 rings (SSSR count). The molecule has 0 radical (unpaired) electrons. The first-order valence-electron chi connectivity index (χ1n) is 25.5. The highest BCUT2D eigenvalue weighted by Gasteiger charge is 2.45. The van der Waals surface area contributed by atoms with E-state index in [0.29, 0.717) is 12.3 Å². The number of hydrogen-bond acceptors (Lipinski definition) is 6. The molecule has 0 aromatic carbocycles. The quantitative estimate of drug-likeness (QED) is 0.0265. The van der Waals surface area contributed by atoms with Gasteiger partial charge in [-0.05, 0) is 103 Å². The molecule has 0 amide bonds. The van der Waals surface area contributed by atoms with Gasteiger partial charge in [0.25, 0.3) is 0 Å². The maximum atomic E-state index is 11.5. The van der Waals surface area contributed by atoms with Gasteiger partial charge in [-0.2, -0.15) is 0 Å². The van der Waals surface area contributed by atoms with Crippen molar-refractivity contribution in [1.29, 1.82) is 0 Å². The average molecular weight is 994 g/mol. The molecule has 0 aliphatic carbocycles. The van der Waals surface area contributed by atoms with Gasteiger partial charge in [0.05, 0.1) is 30.5 Å². The van der Waals surface area contributed by atoms with Crippen LogP contribution >= 0.6 is 0 Å². The second-order valence-electron chi connectivity index (χ2n) is 26.1. The summed E-state index contributed by atoms with van der Waals surface area (Å²) >= 11 is 0. The van der Waals surface area contributed by atoms with Crippen LogP contribution in [0.4, 0.5) is 0 Å². The van der Waals surface area contributed by atoms with Gasteiger partial charge >= 0.3 is 5.97 Å². The minimum Gasteiger partial charge on any atom is -0.478 e. The number of aliphatic carboxylic acids is 1. The third-order valence-corrected chi connectivity index (χ3v) is 34.1. The van der Waals surface area contributed by atoms with E-state index in [-0.39, 0.29) is 68.2 Å². The fourth-order valence-corrected chi connectivity index (χ4v) is 12.7. The zero-order chi connectivity index (χ0) is 52.1. The van der Waals surface area contributed by atoms with Crippen molar-refractivity contribution in [3.8, 4) is 0 Å². The van der Waals surface area contributed by atoms with Crippen LogP contribution in [0.1, 0.15) is 150 Å². The fraction of sp³-hybridized carbons (Fsp3) is 0.800. The molecule has 0 aromatic heterocycles. The summed E-state index contributed by atoms with van der Waals surface area (Å²) in [6, 6.07) is 0. The largest absolute Gasteiger partial charge is 0.478 e. The Morgan fingerprint density at radius 1 is 0.545 bits per heavy atom. The molecule has 2 N–H and O–H groups in total. The molecule has 0 aliphatic heterocycles. The highest BCUT2D eigenvalue weighted by Crippen LogP contribution is 2.44. The number of aliphatic hydroxyl groups is 1. The van der Waals surface area contributed by atoms with Crippen LogP contribution in [-0.4, -0.2) is 80.0 Å². The summed E-state index contributed by atoms with van der Waals surface area (Å²) in [6.45, 7) is 61.2. The van der Waals surface area contributed by atoms with E-state index in [2.05, 4.69) is 195 Å². The molecule has 10 unspecified atom stereocenters. The molecule has 0 heterocycles. The number of carboxylic acids is 1. The first-order valence-corrected chi connectivity index (χ1v) is 37.1. The Morgan fingerprint density at radius 2 is 0.970 bits per heavy atom. The van der Waals surface area contributed by atoms with Crippen LogP contribution in [0.2, 0.25) is 72.5 Å². The van der Waals surface area contributed by atoms with Crippen LogP contribution < -0.4 is 0 Å². The molecule has 66 heavy (non-hydrogen) atoms. The third kappa shape index (κ3) is 21.5. The van der Waals surface area contributed by atoms with Gasteiger partial charge in [0, 0.05) is 24.3 Å². The van der Waals surface area contributed by atoms with Gasteiger partial charge in [0.15, 0.2) is 33.3 Å². The summed E-state index contributed by atoms with van der Waals surface area (Å²) < 4.78 is 29.1. The minimum atomic E-state index is -2.22. The van der Waals surface area contributed by atoms with Gasteiger partial charge in [-0.1, -0.05) is 186 Å². The maximum absolute atomic E-state index is 11.5. The molecule has 0 aliphatic rings. The van der Waals surface area contributed by atoms with E-state index in [9.17, 15) is 15.0 Å². The Labute approximate surface area is 413 Å². The number of unbranched alkanes of at least 4 members (excludes halogenated alkanes) is 1. The summed E-state index contributed by atoms with van der Waals surface area (Å²) in [4.78, 5) is 11.2. The van der Waals surface area contributed by atoms with Gasteiger partial charge in [0.2, 0.25) is 0 Å². The highest BCUT2D eigenvalue weighted by molar-refractivity contribution is 6.75. The van der Waals surface area contributed by atoms with Crippen molar-refractivity contribution in [3.63, 3.8) is 0 Å². The van der Waals surface area contributed by atoms with Crippen LogP contribution in [0.3, 0.4) is 0 Å². The molecule has 0 bridgehead atoms. The Bertz CT molecular complexity index is 1570. The predicted molar refractivity (Wildman–Crippen MR) is 298 cm³/mol. The van der Waals surface area contributed by atoms with Crippen LogP contribution in [0.25, 0.3) is 0 Å². The van der Waals surface area contributed by atoms with Gasteiger partial charge in [0.1, 0.15) is 0 Å². The smallest absolute Gasteiger partial charge is 0.328 e. The van der Waals surface area contributed by atoms with E-state index in [4.69, 9.17) is 17.7 Å². The summed E-state index contributed by atoms with van der Waals surface area (Å²) in [5.41, 5.74) is 0. The zero-order valence-corrected chi connectivity index (χ0v) is 51.6. The lowest BCUT2D eigenvalue weighted by Crippen LogP contribution is -2.48. The van der Waals surface area contributed by atoms with Crippen molar-refractivity contribution >= 4 is 39.2 Å². The Hall–Kier alpha value is -1.16. The first kappa shape index (κ1) is 64.8. The van der Waals surface area contributed by atoms with E-state index in [0.717, 1.165) is 25.7 Å². The van der Waals surface area contributed by atoms with Crippen molar-refractivity contribution in [2.45, 2.75) is 253 Å². The number of rotatable bonds is 28. The number of carboxylic acid groups (broad SMARTS) is 1. The molecule has 0 saturated heterocycles. The molecular formula is C55H108O7Si4. The molecule has 386 valence electrons. The summed E-state index contributed by atoms with van der Waals surface area (Å²) in [6.07, 6.45) is 21.0. The van der Waals surface area contributed by atoms with Crippen molar-refractivity contribution in [1.82, 2.24) is 0 Å². The average Bonchev–Trinajstić information content (AvgIpc) is 3.14. The van der Waals surface area contributed by atoms with Gasteiger partial charge < -0.3 is 27.9 Å². The van der Waals surface area contributed by atoms with Crippen molar-refractivity contribution < 1.29 is 32.7 Å². The molecule has 0 fully saturated rings. The van der Waals surface area contributed by atoms with Gasteiger partial charge in [-0.25, -0.2) is 4.79 Å². The molecule has 0 saturated carbocycles. The van der Waals surface area contributed by atoms with Crippen molar-refractivity contribution in [3.05, 3.63) is 61.3 Å². The van der Waals surface area contributed by atoms with Gasteiger partial charge in [-0.3, -0.25) is 0 Å². The van der Waals surface area contributed by atoms with E-state index >= 15 is 0 Å². The van der Waals surface area contributed by atoms with E-state index in [1.807, 2.05) is 18.2 Å². The van der Waals surface area contributed by atoms with E-state index < -0.39 is 45.3 Å². The van der Waals surface area contributed by atoms with Gasteiger partial charge in [-0.15, -0.1) is 0 Å². The second-order valence-corrected chi connectivity index (χ2v) is 45.1. The van der Waals surface area contributed by atoms with Crippen LogP contribution in [0.15, 0.2) is 61.3 Å². The lowest BCUT2D eigenvalue weighted by Gasteiger charge is -2.43. The lowest BCUT2D eigenvalue weighted by molar-refractivity contribution is -0.131. The SMILES string of the molecule is C=CC=CC(C)C(O)C(C)C(CCCCC(C)C(O[Si](C)(C)C(C)(C)C)C(C)C=CC(CC(O[Si](C)(C)C(C)(C)C)C(C)C=CC=CC(=O)O)O[Si](C)(C)C(C)(C)C)O[Si](C)(C)C(C)(C)C. The molecular weight excluding hydrogens is 885 g/mol. The number of allylic oxidation sites excluding steroid dienone is 4. The van der Waals surface area contributed by atoms with Crippen LogP contribution in [0.5, 0.6) is 0 Å². The molecule has 7 nitrogen and oxygen atoms in total. The standard InChI is InChI=1S/C55H108O7Si4/c1-27-28-33-42(3)50(58)45(6)47(60-64(21,22)53(10,11)12)36-31-29-35-43(4)51(62-66(25,26)55(16,17)18)44(5)38-39-46(59-63(19,20)52(7,8)9)40-48(61-65(23,24)54(13,14)15)41(2)34-30-32-37-49(56)57/h27-28,30,32-34,37-39,41-48,50-51,58H,1,29,31,35-36,40H2,2-26H3,(H,56,57). The van der Waals surface area contributed by atoms with E-state index in [1.165, 1.54) is 6.08 Å². The highest BCUT2D eigenvalue weighted by atomic mass is 28.4. The number of hydrogen-bond donors (Lipinski definition) is 2. The number of carbonyl (C=O) groups is 1. The lowest BCUT2D eigenvalue weighted by atomic mass is 9.85. The molecule has 0 aromatic rings.